The van der Waals surface area contributed by atoms with Gasteiger partial charge in [-0.05, 0) is 63.6 Å². The molecule has 4 rings (SSSR count). The fraction of sp³-hybridized carbons (Fsp3) is 0.545. The number of nitrogens with one attached hydrogen (secondary N) is 2. The summed E-state index contributed by atoms with van der Waals surface area (Å²) in [5, 5.41) is 20.3. The number of hydrogen-bond acceptors (Lipinski definition) is 5. The molecule has 2 N–H and O–H groups in total. The second-order valence-corrected chi connectivity index (χ2v) is 9.25. The number of nitrogens with zero attached hydrogens (tertiary/aromatic N) is 3. The molecule has 0 radical (unpaired) electrons. The molecule has 1 aliphatic carbocycles. The number of likely N-dealkylation sites (tertiary alicyclic amines) is 1. The quantitative estimate of drug-likeness (QED) is 0.807. The molecule has 30 heavy (non-hydrogen) atoms. The van der Waals surface area contributed by atoms with Crippen molar-refractivity contribution in [2.75, 3.05) is 0 Å². The number of H-pyrrole nitrogens is 1. The number of ether oxygens (including phenoxy) is 1. The molecule has 1 aromatic heterocycles. The highest BCUT2D eigenvalue weighted by molar-refractivity contribution is 5.87. The van der Waals surface area contributed by atoms with Crippen molar-refractivity contribution in [2.45, 2.75) is 70.2 Å². The fourth-order valence-electron chi connectivity index (χ4n) is 4.64. The Morgan fingerprint density at radius 2 is 2.20 bits per heavy atom. The Morgan fingerprint density at radius 1 is 1.40 bits per heavy atom. The van der Waals surface area contributed by atoms with Gasteiger partial charge in [-0.3, -0.25) is 14.8 Å². The highest BCUT2D eigenvalue weighted by atomic mass is 16.6. The zero-order valence-electron chi connectivity index (χ0n) is 17.5. The van der Waals surface area contributed by atoms with E-state index in [-0.39, 0.29) is 17.9 Å². The lowest BCUT2D eigenvalue weighted by Crippen LogP contribution is -2.55. The summed E-state index contributed by atoms with van der Waals surface area (Å²) in [5.41, 5.74) is 1.24. The van der Waals surface area contributed by atoms with E-state index >= 15 is 0 Å². The molecule has 1 saturated heterocycles. The number of piperidine rings is 1. The van der Waals surface area contributed by atoms with E-state index in [0.29, 0.717) is 6.42 Å². The molecule has 2 heterocycles. The third-order valence-corrected chi connectivity index (χ3v) is 5.87. The first-order chi connectivity index (χ1) is 14.2. The molecule has 8 heteroatoms. The molecular weight excluding hydrogens is 382 g/mol. The van der Waals surface area contributed by atoms with Gasteiger partial charge in [-0.25, -0.2) is 4.79 Å². The topological polar surface area (TPSA) is 111 Å². The summed E-state index contributed by atoms with van der Waals surface area (Å²) in [6.45, 7) is 5.45. The summed E-state index contributed by atoms with van der Waals surface area (Å²) in [6, 6.07) is 6.75. The average molecular weight is 409 g/mol. The number of hydrogen-bond donors (Lipinski definition) is 2. The van der Waals surface area contributed by atoms with E-state index in [2.05, 4.69) is 21.6 Å². The second-order valence-electron chi connectivity index (χ2n) is 9.25. The molecule has 1 saturated carbocycles. The van der Waals surface area contributed by atoms with E-state index in [9.17, 15) is 14.9 Å². The number of nitriles is 1. The van der Waals surface area contributed by atoms with Gasteiger partial charge in [-0.1, -0.05) is 6.07 Å². The van der Waals surface area contributed by atoms with E-state index in [1.54, 1.807) is 11.1 Å². The normalized spacial score (nSPS) is 23.9. The van der Waals surface area contributed by atoms with E-state index in [0.717, 1.165) is 35.7 Å². The number of rotatable bonds is 4. The molecule has 8 nitrogen and oxygen atoms in total. The Hall–Kier alpha value is -3.08. The standard InChI is InChI=1S/C22H27N5O3/c1-22(2,3)30-21(29)27-17-6-5-14(10-17)19(27)20(28)25-16(11-23)9-13-4-7-18-15(8-13)12-24-26-18/h4,7-8,12,14,16-17,19H,5-6,9-10H2,1-3H3,(H,24,26)(H,25,28)/t14-,16?,17+,19-/m0/s1. The van der Waals surface area contributed by atoms with Gasteiger partial charge in [0.05, 0.1) is 17.8 Å². The molecule has 1 aliphatic heterocycles. The first-order valence-electron chi connectivity index (χ1n) is 10.4. The van der Waals surface area contributed by atoms with Gasteiger partial charge in [0, 0.05) is 17.8 Å². The predicted octanol–water partition coefficient (Wildman–Crippen LogP) is 2.90. The number of carbonyl (C=O) groups is 2. The van der Waals surface area contributed by atoms with Crippen molar-refractivity contribution in [3.63, 3.8) is 0 Å². The van der Waals surface area contributed by atoms with Crippen LogP contribution >= 0.6 is 0 Å². The third-order valence-electron chi connectivity index (χ3n) is 5.87. The Balaban J connectivity index is 1.46. The lowest BCUT2D eigenvalue weighted by atomic mass is 9.97. The molecule has 1 unspecified atom stereocenters. The maximum Gasteiger partial charge on any atom is 0.411 e. The number of amides is 2. The Bertz CT molecular complexity index is 1000. The van der Waals surface area contributed by atoms with Crippen LogP contribution in [0.2, 0.25) is 0 Å². The molecule has 2 bridgehead atoms. The lowest BCUT2D eigenvalue weighted by molar-refractivity contribution is -0.128. The van der Waals surface area contributed by atoms with Crippen LogP contribution in [-0.4, -0.2) is 50.8 Å². The van der Waals surface area contributed by atoms with Gasteiger partial charge in [0.25, 0.3) is 0 Å². The van der Waals surface area contributed by atoms with Gasteiger partial charge >= 0.3 is 6.09 Å². The van der Waals surface area contributed by atoms with E-state index < -0.39 is 23.8 Å². The maximum atomic E-state index is 13.1. The van der Waals surface area contributed by atoms with Crippen LogP contribution in [-0.2, 0) is 16.0 Å². The Morgan fingerprint density at radius 3 is 2.93 bits per heavy atom. The van der Waals surface area contributed by atoms with Crippen LogP contribution < -0.4 is 5.32 Å². The van der Waals surface area contributed by atoms with E-state index in [1.807, 2.05) is 39.0 Å². The summed E-state index contributed by atoms with van der Waals surface area (Å²) >= 11 is 0. The minimum Gasteiger partial charge on any atom is -0.444 e. The van der Waals surface area contributed by atoms with Gasteiger partial charge in [0.15, 0.2) is 0 Å². The summed E-state index contributed by atoms with van der Waals surface area (Å²) in [4.78, 5) is 27.5. The number of benzene rings is 1. The van der Waals surface area contributed by atoms with Gasteiger partial charge in [0.2, 0.25) is 5.91 Å². The van der Waals surface area contributed by atoms with Gasteiger partial charge in [-0.2, -0.15) is 10.4 Å². The van der Waals surface area contributed by atoms with Crippen molar-refractivity contribution >= 4 is 22.9 Å². The summed E-state index contributed by atoms with van der Waals surface area (Å²) in [5.74, 6) is -0.159. The lowest BCUT2D eigenvalue weighted by Gasteiger charge is -2.35. The van der Waals surface area contributed by atoms with Gasteiger partial charge in [-0.15, -0.1) is 0 Å². The highest BCUT2D eigenvalue weighted by Crippen LogP contribution is 2.43. The Kier molecular flexibility index (Phi) is 5.14. The Labute approximate surface area is 175 Å². The zero-order chi connectivity index (χ0) is 21.5. The minimum absolute atomic E-state index is 0.0321. The minimum atomic E-state index is -0.679. The van der Waals surface area contributed by atoms with Crippen LogP contribution in [0.5, 0.6) is 0 Å². The smallest absolute Gasteiger partial charge is 0.411 e. The van der Waals surface area contributed by atoms with Crippen molar-refractivity contribution in [1.82, 2.24) is 20.4 Å². The van der Waals surface area contributed by atoms with Crippen LogP contribution in [0.4, 0.5) is 4.79 Å². The largest absolute Gasteiger partial charge is 0.444 e. The molecule has 2 fully saturated rings. The molecule has 1 aromatic carbocycles. The monoisotopic (exact) mass is 409 g/mol. The van der Waals surface area contributed by atoms with Crippen LogP contribution in [0, 0.1) is 17.2 Å². The maximum absolute atomic E-state index is 13.1. The fourth-order valence-corrected chi connectivity index (χ4v) is 4.64. The summed E-state index contributed by atoms with van der Waals surface area (Å²) in [6.07, 6.45) is 4.28. The second kappa shape index (κ2) is 7.63. The number of aromatic nitrogens is 2. The number of fused-ring (bicyclic) bond motifs is 3. The first kappa shape index (κ1) is 20.2. The van der Waals surface area contributed by atoms with Crippen molar-refractivity contribution in [2.24, 2.45) is 5.92 Å². The molecule has 0 spiro atoms. The summed E-state index contributed by atoms with van der Waals surface area (Å²) in [7, 11) is 0. The van der Waals surface area contributed by atoms with Gasteiger partial charge < -0.3 is 10.1 Å². The molecule has 2 aromatic rings. The van der Waals surface area contributed by atoms with Crippen LogP contribution in [0.1, 0.15) is 45.6 Å². The summed E-state index contributed by atoms with van der Waals surface area (Å²) < 4.78 is 5.55. The predicted molar refractivity (Wildman–Crippen MR) is 110 cm³/mol. The highest BCUT2D eigenvalue weighted by Gasteiger charge is 2.52. The van der Waals surface area contributed by atoms with Crippen molar-refractivity contribution in [3.8, 4) is 6.07 Å². The molecule has 2 amide bonds. The molecular formula is C22H27N5O3. The molecule has 158 valence electrons. The molecule has 4 atom stereocenters. The van der Waals surface area contributed by atoms with E-state index in [1.165, 1.54) is 0 Å². The number of aromatic amines is 1. The van der Waals surface area contributed by atoms with Crippen LogP contribution in [0.15, 0.2) is 24.4 Å². The zero-order valence-corrected chi connectivity index (χ0v) is 17.5. The number of carbonyl (C=O) groups excluding carboxylic acids is 2. The third kappa shape index (κ3) is 3.97. The van der Waals surface area contributed by atoms with Crippen LogP contribution in [0.3, 0.4) is 0 Å². The van der Waals surface area contributed by atoms with Gasteiger partial charge in [0.1, 0.15) is 17.7 Å². The molecule has 2 aliphatic rings. The van der Waals surface area contributed by atoms with Crippen LogP contribution in [0.25, 0.3) is 10.9 Å². The SMILES string of the molecule is CC(C)(C)OC(=O)N1[C@@H]2CC[C@@H](C2)[C@H]1C(=O)NC(C#N)Cc1ccc2[nH]ncc2c1. The average Bonchev–Trinajstić information content (AvgIpc) is 3.40. The van der Waals surface area contributed by atoms with Crippen molar-refractivity contribution in [3.05, 3.63) is 30.0 Å². The van der Waals surface area contributed by atoms with E-state index in [4.69, 9.17) is 4.74 Å². The van der Waals surface area contributed by atoms with Crippen molar-refractivity contribution in [1.29, 1.82) is 5.26 Å². The first-order valence-corrected chi connectivity index (χ1v) is 10.4. The van der Waals surface area contributed by atoms with Crippen molar-refractivity contribution < 1.29 is 14.3 Å².